The second-order valence-electron chi connectivity index (χ2n) is 12.3. The van der Waals surface area contributed by atoms with Crippen LogP contribution in [0.15, 0.2) is 42.5 Å². The number of rotatable bonds is 4. The van der Waals surface area contributed by atoms with Gasteiger partial charge in [-0.2, -0.15) is 5.26 Å². The van der Waals surface area contributed by atoms with Crippen molar-refractivity contribution < 1.29 is 19.4 Å². The van der Waals surface area contributed by atoms with Gasteiger partial charge in [0.05, 0.1) is 19.3 Å². The van der Waals surface area contributed by atoms with E-state index in [1.807, 2.05) is 24.3 Å². The predicted molar refractivity (Wildman–Crippen MR) is 156 cm³/mol. The molecule has 1 aliphatic carbocycles. The van der Waals surface area contributed by atoms with Crippen LogP contribution in [-0.2, 0) is 14.9 Å². The Bertz CT molecular complexity index is 1310. The van der Waals surface area contributed by atoms with Gasteiger partial charge in [-0.3, -0.25) is 9.59 Å². The lowest BCUT2D eigenvalue weighted by atomic mass is 9.68. The summed E-state index contributed by atoms with van der Waals surface area (Å²) in [7, 11) is 0. The molecule has 2 aromatic rings. The van der Waals surface area contributed by atoms with Crippen molar-refractivity contribution in [2.24, 2.45) is 5.92 Å². The molecule has 4 aliphatic rings. The van der Waals surface area contributed by atoms with Crippen LogP contribution in [0.1, 0.15) is 67.3 Å². The minimum atomic E-state index is -1.41. The Morgan fingerprint density at radius 3 is 2.10 bits per heavy atom. The Balaban J connectivity index is 1.15. The second-order valence-corrected chi connectivity index (χ2v) is 12.3. The Morgan fingerprint density at radius 2 is 1.49 bits per heavy atom. The lowest BCUT2D eigenvalue weighted by molar-refractivity contribution is -0.201. The van der Waals surface area contributed by atoms with Gasteiger partial charge in [-0.05, 0) is 59.7 Å². The number of nitriles is 1. The average molecular weight is 557 g/mol. The van der Waals surface area contributed by atoms with Crippen molar-refractivity contribution in [1.29, 1.82) is 5.26 Å². The molecule has 0 radical (unpaired) electrons. The molecule has 2 amide bonds. The lowest BCUT2D eigenvalue weighted by Crippen LogP contribution is -2.64. The van der Waals surface area contributed by atoms with E-state index in [0.717, 1.165) is 35.2 Å². The van der Waals surface area contributed by atoms with E-state index in [-0.39, 0.29) is 25.0 Å². The molecule has 6 rings (SSSR count). The largest absolute Gasteiger partial charge is 0.383 e. The zero-order valence-corrected chi connectivity index (χ0v) is 23.7. The van der Waals surface area contributed by atoms with Crippen molar-refractivity contribution in [3.63, 3.8) is 0 Å². The molecule has 1 saturated carbocycles. The van der Waals surface area contributed by atoms with E-state index in [4.69, 9.17) is 4.74 Å². The summed E-state index contributed by atoms with van der Waals surface area (Å²) in [6.07, 6.45) is 9.73. The van der Waals surface area contributed by atoms with Gasteiger partial charge in [-0.25, -0.2) is 0 Å². The lowest BCUT2D eigenvalue weighted by Gasteiger charge is -2.42. The SMILES string of the molecule is N#CC1(C2CCCCCCCC2)CNc2ccc(-c3ccc(C(=O)N4CCN(C(=O)C5(O)COC5)CC4)cc3)cc21. The predicted octanol–water partition coefficient (Wildman–Crippen LogP) is 4.34. The summed E-state index contributed by atoms with van der Waals surface area (Å²) in [6.45, 7) is 2.40. The second kappa shape index (κ2) is 11.5. The topological polar surface area (TPSA) is 106 Å². The monoisotopic (exact) mass is 556 g/mol. The molecule has 2 N–H and O–H groups in total. The van der Waals surface area contributed by atoms with E-state index in [2.05, 4.69) is 29.6 Å². The van der Waals surface area contributed by atoms with Crippen LogP contribution < -0.4 is 5.32 Å². The highest BCUT2D eigenvalue weighted by molar-refractivity contribution is 5.95. The van der Waals surface area contributed by atoms with Gasteiger partial charge >= 0.3 is 0 Å². The fourth-order valence-corrected chi connectivity index (χ4v) is 7.07. The first-order chi connectivity index (χ1) is 19.9. The fraction of sp³-hybridized carbons (Fsp3) is 0.545. The third-order valence-electron chi connectivity index (χ3n) is 9.71. The third-order valence-corrected chi connectivity index (χ3v) is 9.71. The highest BCUT2D eigenvalue weighted by Gasteiger charge is 2.47. The summed E-state index contributed by atoms with van der Waals surface area (Å²) in [4.78, 5) is 29.2. The third kappa shape index (κ3) is 5.22. The average Bonchev–Trinajstić information content (AvgIpc) is 3.44. The summed E-state index contributed by atoms with van der Waals surface area (Å²) >= 11 is 0. The number of anilines is 1. The molecule has 0 bridgehead atoms. The molecule has 1 atom stereocenters. The highest BCUT2D eigenvalue weighted by Crippen LogP contribution is 2.47. The molecule has 2 aromatic carbocycles. The molecule has 3 fully saturated rings. The Morgan fingerprint density at radius 1 is 0.878 bits per heavy atom. The molecule has 3 aliphatic heterocycles. The summed E-state index contributed by atoms with van der Waals surface area (Å²) in [5, 5.41) is 24.4. The van der Waals surface area contributed by atoms with Crippen molar-refractivity contribution in [2.75, 3.05) is 51.3 Å². The first-order valence-corrected chi connectivity index (χ1v) is 15.2. The van der Waals surface area contributed by atoms with Gasteiger partial charge < -0.3 is 25.0 Å². The molecule has 1 unspecified atom stereocenters. The molecule has 8 heteroatoms. The number of carbonyl (C=O) groups is 2. The van der Waals surface area contributed by atoms with Crippen LogP contribution >= 0.6 is 0 Å². The van der Waals surface area contributed by atoms with Gasteiger partial charge in [0.2, 0.25) is 0 Å². The van der Waals surface area contributed by atoms with E-state index < -0.39 is 11.0 Å². The van der Waals surface area contributed by atoms with E-state index in [0.29, 0.717) is 44.2 Å². The molecular formula is C33H40N4O4. The molecule has 3 heterocycles. The van der Waals surface area contributed by atoms with Gasteiger partial charge in [0, 0.05) is 44.0 Å². The van der Waals surface area contributed by atoms with Crippen LogP contribution in [0.3, 0.4) is 0 Å². The number of fused-ring (bicyclic) bond motifs is 1. The number of nitrogens with zero attached hydrogens (tertiary/aromatic N) is 3. The number of ether oxygens (including phenoxy) is 1. The van der Waals surface area contributed by atoms with Gasteiger partial charge in [0.1, 0.15) is 5.41 Å². The fourth-order valence-electron chi connectivity index (χ4n) is 7.07. The van der Waals surface area contributed by atoms with Crippen molar-refractivity contribution >= 4 is 17.5 Å². The molecule has 41 heavy (non-hydrogen) atoms. The van der Waals surface area contributed by atoms with Crippen LogP contribution in [0.5, 0.6) is 0 Å². The van der Waals surface area contributed by atoms with Crippen LogP contribution in [0.2, 0.25) is 0 Å². The molecule has 2 saturated heterocycles. The summed E-state index contributed by atoms with van der Waals surface area (Å²) in [5.74, 6) is -0.0123. The first kappa shape index (κ1) is 27.7. The van der Waals surface area contributed by atoms with E-state index in [1.54, 1.807) is 9.80 Å². The molecule has 0 aromatic heterocycles. The summed E-state index contributed by atoms with van der Waals surface area (Å²) in [6, 6.07) is 16.9. The number of hydrogen-bond acceptors (Lipinski definition) is 6. The van der Waals surface area contributed by atoms with Crippen LogP contribution in [-0.4, -0.2) is 78.3 Å². The highest BCUT2D eigenvalue weighted by atomic mass is 16.5. The smallest absolute Gasteiger partial charge is 0.259 e. The van der Waals surface area contributed by atoms with E-state index >= 15 is 0 Å². The summed E-state index contributed by atoms with van der Waals surface area (Å²) in [5.41, 5.74) is 2.96. The van der Waals surface area contributed by atoms with Crippen molar-refractivity contribution in [3.8, 4) is 17.2 Å². The maximum Gasteiger partial charge on any atom is 0.259 e. The minimum absolute atomic E-state index is 0.0378. The zero-order valence-electron chi connectivity index (χ0n) is 23.7. The molecular weight excluding hydrogens is 516 g/mol. The number of benzene rings is 2. The zero-order chi connectivity index (χ0) is 28.5. The van der Waals surface area contributed by atoms with Crippen molar-refractivity contribution in [1.82, 2.24) is 9.80 Å². The maximum atomic E-state index is 13.2. The number of aliphatic hydroxyl groups is 1. The number of carbonyl (C=O) groups excluding carboxylic acids is 2. The number of nitrogens with one attached hydrogen (secondary N) is 1. The van der Waals surface area contributed by atoms with E-state index in [9.17, 15) is 20.0 Å². The molecule has 0 spiro atoms. The molecule has 216 valence electrons. The van der Waals surface area contributed by atoms with Gasteiger partial charge in [0.25, 0.3) is 11.8 Å². The van der Waals surface area contributed by atoms with Crippen molar-refractivity contribution in [2.45, 2.75) is 62.4 Å². The minimum Gasteiger partial charge on any atom is -0.383 e. The van der Waals surface area contributed by atoms with E-state index in [1.165, 1.54) is 38.5 Å². The van der Waals surface area contributed by atoms with Gasteiger partial charge in [0.15, 0.2) is 5.60 Å². The Kier molecular flexibility index (Phi) is 7.76. The quantitative estimate of drug-likeness (QED) is 0.581. The van der Waals surface area contributed by atoms with Gasteiger partial charge in [-0.1, -0.05) is 56.7 Å². The normalized spacial score (nSPS) is 24.6. The number of amides is 2. The van der Waals surface area contributed by atoms with Gasteiger partial charge in [-0.15, -0.1) is 0 Å². The first-order valence-electron chi connectivity index (χ1n) is 15.2. The van der Waals surface area contributed by atoms with Crippen LogP contribution in [0.4, 0.5) is 5.69 Å². The van der Waals surface area contributed by atoms with Crippen LogP contribution in [0.25, 0.3) is 11.1 Å². The maximum absolute atomic E-state index is 13.2. The number of piperazine rings is 1. The standard InChI is InChI=1S/C33H40N4O4/c34-20-32(27-7-5-3-1-2-4-6-8-27)21-35-29-14-13-26(19-28(29)32)24-9-11-25(12-10-24)30(38)36-15-17-37(18-16-36)31(39)33(40)22-41-23-33/h9-14,19,27,35,40H,1-8,15-18,21-23H2. The Hall–Kier alpha value is -3.41. The number of hydrogen-bond donors (Lipinski definition) is 2. The Labute approximate surface area is 242 Å². The van der Waals surface area contributed by atoms with Crippen molar-refractivity contribution in [3.05, 3.63) is 53.6 Å². The summed E-state index contributed by atoms with van der Waals surface area (Å²) < 4.78 is 5.01. The molecule has 8 nitrogen and oxygen atoms in total. The van der Waals surface area contributed by atoms with Crippen LogP contribution in [0, 0.1) is 17.2 Å².